The van der Waals surface area contributed by atoms with E-state index in [0.717, 1.165) is 17.8 Å². The fraction of sp³-hybridized carbons (Fsp3) is 1.00. The summed E-state index contributed by atoms with van der Waals surface area (Å²) in [5.74, 6) is 3.26. The second-order valence-electron chi connectivity index (χ2n) is 4.69. The second-order valence-corrected chi connectivity index (χ2v) is 4.69. The van der Waals surface area contributed by atoms with E-state index in [1.807, 2.05) is 0 Å². The standard InChI is InChI=1S/C11H20/c1-9-5-6-10-3-2-4-11(9)8-7-10/h9-11H,2-8H2,1H3. The summed E-state index contributed by atoms with van der Waals surface area (Å²) >= 11 is 0. The predicted molar refractivity (Wildman–Crippen MR) is 48.5 cm³/mol. The highest BCUT2D eigenvalue weighted by Gasteiger charge is 2.27. The molecular weight excluding hydrogens is 132 g/mol. The molecule has 11 heavy (non-hydrogen) atoms. The Morgan fingerprint density at radius 3 is 2.55 bits per heavy atom. The smallest absolute Gasteiger partial charge is 0.0388 e. The SMILES string of the molecule is CC1CCC2CCCC1CC2. The maximum absolute atomic E-state index is 2.47. The molecule has 2 saturated carbocycles. The highest BCUT2D eigenvalue weighted by Crippen LogP contribution is 2.39. The minimum atomic E-state index is 1.04. The molecule has 2 rings (SSSR count). The van der Waals surface area contributed by atoms with Gasteiger partial charge in [-0.3, -0.25) is 0 Å². The Balaban J connectivity index is 2.05. The van der Waals surface area contributed by atoms with Crippen molar-refractivity contribution in [3.63, 3.8) is 0 Å². The normalized spacial score (nSPS) is 45.0. The molecule has 64 valence electrons. The average Bonchev–Trinajstić information content (AvgIpc) is 2.29. The quantitative estimate of drug-likeness (QED) is 0.497. The topological polar surface area (TPSA) is 0 Å². The van der Waals surface area contributed by atoms with Gasteiger partial charge < -0.3 is 0 Å². The summed E-state index contributed by atoms with van der Waals surface area (Å²) in [6.07, 6.45) is 10.8. The van der Waals surface area contributed by atoms with Gasteiger partial charge in [-0.25, -0.2) is 0 Å². The number of rotatable bonds is 0. The van der Waals surface area contributed by atoms with E-state index in [-0.39, 0.29) is 0 Å². The van der Waals surface area contributed by atoms with E-state index in [1.54, 1.807) is 19.3 Å². The van der Waals surface area contributed by atoms with E-state index in [1.165, 1.54) is 25.7 Å². The Bertz CT molecular complexity index is 124. The summed E-state index contributed by atoms with van der Waals surface area (Å²) < 4.78 is 0. The van der Waals surface area contributed by atoms with E-state index in [4.69, 9.17) is 0 Å². The molecule has 0 nitrogen and oxygen atoms in total. The molecule has 0 aromatic heterocycles. The maximum atomic E-state index is 2.47. The largest absolute Gasteiger partial charge is 0.0622 e. The summed E-state index contributed by atoms with van der Waals surface area (Å²) in [6.45, 7) is 2.47. The molecule has 0 aliphatic heterocycles. The zero-order valence-electron chi connectivity index (χ0n) is 7.68. The molecule has 3 atom stereocenters. The van der Waals surface area contributed by atoms with Gasteiger partial charge in [0.2, 0.25) is 0 Å². The van der Waals surface area contributed by atoms with Crippen molar-refractivity contribution < 1.29 is 0 Å². The van der Waals surface area contributed by atoms with Crippen LogP contribution in [0.4, 0.5) is 0 Å². The maximum Gasteiger partial charge on any atom is -0.0388 e. The van der Waals surface area contributed by atoms with Crippen molar-refractivity contribution in [2.24, 2.45) is 17.8 Å². The molecule has 0 N–H and O–H groups in total. The van der Waals surface area contributed by atoms with Crippen LogP contribution in [0.15, 0.2) is 0 Å². The highest BCUT2D eigenvalue weighted by molar-refractivity contribution is 4.78. The summed E-state index contributed by atoms with van der Waals surface area (Å²) in [7, 11) is 0. The molecule has 0 spiro atoms. The van der Waals surface area contributed by atoms with Crippen LogP contribution < -0.4 is 0 Å². The third-order valence-electron chi connectivity index (χ3n) is 3.97. The van der Waals surface area contributed by atoms with Crippen LogP contribution >= 0.6 is 0 Å². The van der Waals surface area contributed by atoms with Gasteiger partial charge in [-0.2, -0.15) is 0 Å². The first-order valence-electron chi connectivity index (χ1n) is 5.36. The molecule has 2 bridgehead atoms. The number of hydrogen-bond donors (Lipinski definition) is 0. The first-order chi connectivity index (χ1) is 5.36. The average molecular weight is 152 g/mol. The van der Waals surface area contributed by atoms with Crippen LogP contribution in [0.1, 0.15) is 51.9 Å². The molecule has 2 fully saturated rings. The number of hydrogen-bond acceptors (Lipinski definition) is 0. The van der Waals surface area contributed by atoms with Gasteiger partial charge in [-0.15, -0.1) is 0 Å². The minimum absolute atomic E-state index is 1.04. The summed E-state index contributed by atoms with van der Waals surface area (Å²) in [5, 5.41) is 0. The van der Waals surface area contributed by atoms with Gasteiger partial charge in [-0.1, -0.05) is 45.4 Å². The summed E-state index contributed by atoms with van der Waals surface area (Å²) in [5.41, 5.74) is 0. The Kier molecular flexibility index (Phi) is 2.20. The van der Waals surface area contributed by atoms with Crippen molar-refractivity contribution in [1.82, 2.24) is 0 Å². The Morgan fingerprint density at radius 2 is 1.64 bits per heavy atom. The minimum Gasteiger partial charge on any atom is -0.0622 e. The zero-order valence-corrected chi connectivity index (χ0v) is 7.68. The van der Waals surface area contributed by atoms with Crippen LogP contribution in [-0.2, 0) is 0 Å². The molecule has 2 aliphatic rings. The van der Waals surface area contributed by atoms with Crippen LogP contribution in [0.25, 0.3) is 0 Å². The van der Waals surface area contributed by atoms with Gasteiger partial charge in [0.25, 0.3) is 0 Å². The van der Waals surface area contributed by atoms with E-state index in [0.29, 0.717) is 0 Å². The van der Waals surface area contributed by atoms with Gasteiger partial charge in [0.15, 0.2) is 0 Å². The lowest BCUT2D eigenvalue weighted by atomic mass is 9.84. The van der Waals surface area contributed by atoms with Crippen molar-refractivity contribution in [2.75, 3.05) is 0 Å². The first kappa shape index (κ1) is 7.64. The van der Waals surface area contributed by atoms with Crippen LogP contribution in [-0.4, -0.2) is 0 Å². The third kappa shape index (κ3) is 1.60. The molecule has 0 heteroatoms. The van der Waals surface area contributed by atoms with Crippen LogP contribution in [0, 0.1) is 17.8 Å². The monoisotopic (exact) mass is 152 g/mol. The molecule has 0 amide bonds. The Labute approximate surface area is 70.4 Å². The lowest BCUT2D eigenvalue weighted by Crippen LogP contribution is -2.10. The third-order valence-corrected chi connectivity index (χ3v) is 3.97. The fourth-order valence-corrected chi connectivity index (χ4v) is 3.00. The molecule has 0 radical (unpaired) electrons. The number of fused-ring (bicyclic) bond motifs is 3. The summed E-state index contributed by atoms with van der Waals surface area (Å²) in [4.78, 5) is 0. The van der Waals surface area contributed by atoms with Gasteiger partial charge in [-0.05, 0) is 24.2 Å². The summed E-state index contributed by atoms with van der Waals surface area (Å²) in [6, 6.07) is 0. The van der Waals surface area contributed by atoms with Gasteiger partial charge in [0, 0.05) is 0 Å². The van der Waals surface area contributed by atoms with Crippen molar-refractivity contribution in [2.45, 2.75) is 51.9 Å². The van der Waals surface area contributed by atoms with E-state index in [2.05, 4.69) is 6.92 Å². The Morgan fingerprint density at radius 1 is 0.818 bits per heavy atom. The van der Waals surface area contributed by atoms with Gasteiger partial charge in [0.1, 0.15) is 0 Å². The van der Waals surface area contributed by atoms with E-state index in [9.17, 15) is 0 Å². The molecule has 0 aromatic carbocycles. The van der Waals surface area contributed by atoms with Crippen molar-refractivity contribution in [1.29, 1.82) is 0 Å². The van der Waals surface area contributed by atoms with Crippen molar-refractivity contribution in [3.05, 3.63) is 0 Å². The van der Waals surface area contributed by atoms with Crippen molar-refractivity contribution in [3.8, 4) is 0 Å². The van der Waals surface area contributed by atoms with Crippen molar-refractivity contribution >= 4 is 0 Å². The molecule has 0 saturated heterocycles. The van der Waals surface area contributed by atoms with Crippen LogP contribution in [0.2, 0.25) is 0 Å². The predicted octanol–water partition coefficient (Wildman–Crippen LogP) is 3.61. The zero-order chi connectivity index (χ0) is 7.68. The van der Waals surface area contributed by atoms with E-state index >= 15 is 0 Å². The molecule has 0 heterocycles. The first-order valence-corrected chi connectivity index (χ1v) is 5.36. The molecule has 3 unspecified atom stereocenters. The van der Waals surface area contributed by atoms with Gasteiger partial charge >= 0.3 is 0 Å². The fourth-order valence-electron chi connectivity index (χ4n) is 3.00. The lowest BCUT2D eigenvalue weighted by Gasteiger charge is -2.21. The highest BCUT2D eigenvalue weighted by atomic mass is 14.3. The Hall–Kier alpha value is 0. The molecular formula is C11H20. The molecule has 0 aromatic rings. The van der Waals surface area contributed by atoms with E-state index < -0.39 is 0 Å². The molecule has 2 aliphatic carbocycles. The van der Waals surface area contributed by atoms with Crippen LogP contribution in [0.5, 0.6) is 0 Å². The second kappa shape index (κ2) is 3.16. The van der Waals surface area contributed by atoms with Crippen LogP contribution in [0.3, 0.4) is 0 Å². The van der Waals surface area contributed by atoms with Gasteiger partial charge in [0.05, 0.1) is 0 Å². The lowest BCUT2D eigenvalue weighted by molar-refractivity contribution is 0.298.